The second kappa shape index (κ2) is 2.28. The summed E-state index contributed by atoms with van der Waals surface area (Å²) in [6.07, 6.45) is 1.23. The highest BCUT2D eigenvalue weighted by atomic mass is 15.0. The van der Waals surface area contributed by atoms with Gasteiger partial charge in [-0.05, 0) is 13.1 Å². The van der Waals surface area contributed by atoms with Crippen molar-refractivity contribution in [2.24, 2.45) is 0 Å². The Bertz CT molecular complexity index is 48.0. The number of hydrogen-bond donors (Lipinski definition) is 1. The average molecular weight is 99.2 g/mol. The molecule has 0 aromatic carbocycles. The van der Waals surface area contributed by atoms with Crippen molar-refractivity contribution < 1.29 is 0 Å². The minimum atomic E-state index is 0.611. The van der Waals surface area contributed by atoms with E-state index in [-0.39, 0.29) is 0 Å². The van der Waals surface area contributed by atoms with E-state index in [0.717, 1.165) is 13.1 Å². The first-order valence-electron chi connectivity index (χ1n) is 2.73. The second-order valence-electron chi connectivity index (χ2n) is 1.90. The van der Waals surface area contributed by atoms with Crippen molar-refractivity contribution in [3.05, 3.63) is 5.32 Å². The van der Waals surface area contributed by atoms with Crippen LogP contribution in [0.4, 0.5) is 0 Å². The van der Waals surface area contributed by atoms with Crippen molar-refractivity contribution in [1.29, 1.82) is 0 Å². The van der Waals surface area contributed by atoms with Crippen LogP contribution in [0.3, 0.4) is 0 Å². The number of nitrogens with zero attached hydrogens (tertiary/aromatic N) is 1. The molecule has 0 bridgehead atoms. The molecule has 0 aliphatic carbocycles. The zero-order chi connectivity index (χ0) is 5.11. The van der Waals surface area contributed by atoms with Crippen LogP contribution in [0.25, 0.3) is 5.32 Å². The molecular formula is C5H11N2-. The van der Waals surface area contributed by atoms with Gasteiger partial charge in [-0.25, -0.2) is 0 Å². The SMILES string of the molecule is C[N-][C@@H]1CCNC1. The molecule has 1 aliphatic heterocycles. The first-order valence-corrected chi connectivity index (χ1v) is 2.73. The van der Waals surface area contributed by atoms with Gasteiger partial charge in [-0.3, -0.25) is 0 Å². The van der Waals surface area contributed by atoms with Gasteiger partial charge in [0.2, 0.25) is 0 Å². The molecule has 1 N–H and O–H groups in total. The quantitative estimate of drug-likeness (QED) is 0.504. The van der Waals surface area contributed by atoms with Gasteiger partial charge < -0.3 is 10.6 Å². The molecule has 0 saturated carbocycles. The van der Waals surface area contributed by atoms with Crippen LogP contribution < -0.4 is 5.32 Å². The second-order valence-corrected chi connectivity index (χ2v) is 1.90. The van der Waals surface area contributed by atoms with Gasteiger partial charge in [-0.2, -0.15) is 7.05 Å². The molecule has 7 heavy (non-hydrogen) atoms. The minimum Gasteiger partial charge on any atom is -0.661 e. The van der Waals surface area contributed by atoms with Crippen LogP contribution in [0.2, 0.25) is 0 Å². The predicted molar refractivity (Wildman–Crippen MR) is 30.6 cm³/mol. The van der Waals surface area contributed by atoms with E-state index >= 15 is 0 Å². The first-order chi connectivity index (χ1) is 3.43. The van der Waals surface area contributed by atoms with Gasteiger partial charge in [-0.15, -0.1) is 6.04 Å². The van der Waals surface area contributed by atoms with Crippen molar-refractivity contribution in [2.75, 3.05) is 20.1 Å². The molecule has 1 heterocycles. The van der Waals surface area contributed by atoms with E-state index in [9.17, 15) is 0 Å². The molecule has 1 rings (SSSR count). The molecule has 0 aromatic heterocycles. The summed E-state index contributed by atoms with van der Waals surface area (Å²) in [6, 6.07) is 0.611. The topological polar surface area (TPSA) is 26.1 Å². The van der Waals surface area contributed by atoms with Gasteiger partial charge in [0.15, 0.2) is 0 Å². The van der Waals surface area contributed by atoms with E-state index in [4.69, 9.17) is 0 Å². The molecule has 1 saturated heterocycles. The van der Waals surface area contributed by atoms with E-state index in [1.165, 1.54) is 6.42 Å². The lowest BCUT2D eigenvalue weighted by Gasteiger charge is -2.19. The van der Waals surface area contributed by atoms with Crippen LogP contribution >= 0.6 is 0 Å². The minimum absolute atomic E-state index is 0.611. The summed E-state index contributed by atoms with van der Waals surface area (Å²) in [6.45, 7) is 2.25. The predicted octanol–water partition coefficient (Wildman–Crippen LogP) is 0.352. The average Bonchev–Trinajstić information content (AvgIpc) is 2.14. The standard InChI is InChI=1S/C5H11N2/c1-6-5-2-3-7-4-5/h5,7H,2-4H2,1H3/q-1/t5-/m1/s1. The Morgan fingerprint density at radius 3 is 2.86 bits per heavy atom. The summed E-state index contributed by atoms with van der Waals surface area (Å²) in [5.41, 5.74) is 0. The third-order valence-electron chi connectivity index (χ3n) is 1.40. The van der Waals surface area contributed by atoms with Crippen LogP contribution in [0, 0.1) is 0 Å². The third kappa shape index (κ3) is 1.14. The molecule has 1 aliphatic rings. The maximum atomic E-state index is 4.12. The van der Waals surface area contributed by atoms with Crippen molar-refractivity contribution in [2.45, 2.75) is 12.5 Å². The van der Waals surface area contributed by atoms with E-state index in [2.05, 4.69) is 10.6 Å². The fraction of sp³-hybridized carbons (Fsp3) is 1.00. The lowest BCUT2D eigenvalue weighted by Crippen LogP contribution is -2.11. The van der Waals surface area contributed by atoms with E-state index < -0.39 is 0 Å². The zero-order valence-electron chi connectivity index (χ0n) is 4.65. The van der Waals surface area contributed by atoms with Crippen molar-refractivity contribution in [3.63, 3.8) is 0 Å². The van der Waals surface area contributed by atoms with E-state index in [1.807, 2.05) is 7.05 Å². The van der Waals surface area contributed by atoms with Gasteiger partial charge in [0, 0.05) is 0 Å². The van der Waals surface area contributed by atoms with Gasteiger partial charge in [-0.1, -0.05) is 6.42 Å². The Morgan fingerprint density at radius 1 is 1.71 bits per heavy atom. The Hall–Kier alpha value is -0.0800. The highest BCUT2D eigenvalue weighted by Crippen LogP contribution is 2.04. The highest BCUT2D eigenvalue weighted by molar-refractivity contribution is 4.92. The summed E-state index contributed by atoms with van der Waals surface area (Å²) in [5.74, 6) is 0. The Balaban J connectivity index is 2.14. The lowest BCUT2D eigenvalue weighted by molar-refractivity contribution is 0.814. The Kier molecular flexibility index (Phi) is 1.65. The summed E-state index contributed by atoms with van der Waals surface area (Å²) >= 11 is 0. The molecule has 0 radical (unpaired) electrons. The molecule has 42 valence electrons. The molecule has 0 unspecified atom stereocenters. The van der Waals surface area contributed by atoms with Crippen LogP contribution in [0.15, 0.2) is 0 Å². The van der Waals surface area contributed by atoms with Crippen molar-refractivity contribution >= 4 is 0 Å². The van der Waals surface area contributed by atoms with Crippen molar-refractivity contribution in [1.82, 2.24) is 5.32 Å². The molecule has 0 spiro atoms. The summed E-state index contributed by atoms with van der Waals surface area (Å²) in [4.78, 5) is 0. The first kappa shape index (κ1) is 5.06. The molecule has 2 nitrogen and oxygen atoms in total. The summed E-state index contributed by atoms with van der Waals surface area (Å²) in [5, 5.41) is 7.35. The Morgan fingerprint density at radius 2 is 2.57 bits per heavy atom. The normalized spacial score (nSPS) is 31.3. The number of nitrogens with one attached hydrogen (secondary N) is 1. The van der Waals surface area contributed by atoms with Crippen LogP contribution in [0.5, 0.6) is 0 Å². The highest BCUT2D eigenvalue weighted by Gasteiger charge is 2.01. The molecule has 0 amide bonds. The zero-order valence-corrected chi connectivity index (χ0v) is 4.65. The maximum absolute atomic E-state index is 4.12. The smallest absolute Gasteiger partial charge is 0.00629 e. The van der Waals surface area contributed by atoms with Crippen molar-refractivity contribution in [3.8, 4) is 0 Å². The molecule has 1 fully saturated rings. The largest absolute Gasteiger partial charge is 0.661 e. The van der Waals surface area contributed by atoms with Crippen LogP contribution in [-0.4, -0.2) is 26.2 Å². The molecule has 1 atom stereocenters. The van der Waals surface area contributed by atoms with Gasteiger partial charge in [0.05, 0.1) is 0 Å². The summed E-state index contributed by atoms with van der Waals surface area (Å²) < 4.78 is 0. The van der Waals surface area contributed by atoms with Crippen LogP contribution in [-0.2, 0) is 0 Å². The number of hydrogen-bond acceptors (Lipinski definition) is 1. The van der Waals surface area contributed by atoms with Crippen LogP contribution in [0.1, 0.15) is 6.42 Å². The fourth-order valence-electron chi connectivity index (χ4n) is 0.860. The third-order valence-corrected chi connectivity index (χ3v) is 1.40. The van der Waals surface area contributed by atoms with Gasteiger partial charge in [0.1, 0.15) is 0 Å². The monoisotopic (exact) mass is 99.1 g/mol. The lowest BCUT2D eigenvalue weighted by atomic mass is 10.3. The van der Waals surface area contributed by atoms with E-state index in [1.54, 1.807) is 0 Å². The Labute approximate surface area is 44.3 Å². The van der Waals surface area contributed by atoms with Gasteiger partial charge in [0.25, 0.3) is 0 Å². The molecular weight excluding hydrogens is 88.1 g/mol. The maximum Gasteiger partial charge on any atom is -0.00629 e. The van der Waals surface area contributed by atoms with Gasteiger partial charge >= 0.3 is 0 Å². The molecule has 0 aromatic rings. The van der Waals surface area contributed by atoms with E-state index in [0.29, 0.717) is 6.04 Å². The number of rotatable bonds is 1. The number of likely N-dealkylation sites (N-methyl/N-ethyl adjacent to an activating group) is 1. The summed E-state index contributed by atoms with van der Waals surface area (Å²) in [7, 11) is 1.89. The fourth-order valence-corrected chi connectivity index (χ4v) is 0.860. The molecule has 2 heteroatoms.